The van der Waals surface area contributed by atoms with Crippen LogP contribution in [0.2, 0.25) is 0 Å². The Morgan fingerprint density at radius 3 is 2.68 bits per heavy atom. The van der Waals surface area contributed by atoms with E-state index in [0.29, 0.717) is 29.8 Å². The molecular formula is C16H15F3N4OS. The first-order valence-electron chi connectivity index (χ1n) is 7.67. The average molecular weight is 368 g/mol. The van der Waals surface area contributed by atoms with Gasteiger partial charge in [0.15, 0.2) is 0 Å². The summed E-state index contributed by atoms with van der Waals surface area (Å²) in [5.74, 6) is 0. The van der Waals surface area contributed by atoms with E-state index in [-0.39, 0.29) is 16.2 Å². The monoisotopic (exact) mass is 368 g/mol. The maximum atomic E-state index is 12.9. The molecule has 1 aliphatic carbocycles. The maximum Gasteiger partial charge on any atom is 0.394 e. The van der Waals surface area contributed by atoms with Gasteiger partial charge < -0.3 is 0 Å². The first kappa shape index (κ1) is 17.6. The highest BCUT2D eigenvalue weighted by Gasteiger charge is 2.33. The van der Waals surface area contributed by atoms with Crippen LogP contribution in [0.1, 0.15) is 35.4 Å². The molecule has 9 heteroatoms. The Balaban J connectivity index is 2.15. The molecule has 3 rings (SSSR count). The highest BCUT2D eigenvalue weighted by atomic mass is 32.2. The molecule has 0 bridgehead atoms. The van der Waals surface area contributed by atoms with E-state index in [0.717, 1.165) is 12.8 Å². The van der Waals surface area contributed by atoms with Crippen molar-refractivity contribution in [1.82, 2.24) is 9.78 Å². The number of benzene rings is 1. The van der Waals surface area contributed by atoms with E-state index in [2.05, 4.69) is 5.10 Å². The second-order valence-electron chi connectivity index (χ2n) is 5.87. The molecule has 0 fully saturated rings. The van der Waals surface area contributed by atoms with Crippen LogP contribution in [0.15, 0.2) is 23.1 Å². The van der Waals surface area contributed by atoms with Gasteiger partial charge in [-0.15, -0.1) is 0 Å². The first-order chi connectivity index (χ1) is 11.8. The van der Waals surface area contributed by atoms with Gasteiger partial charge in [0, 0.05) is 5.69 Å². The van der Waals surface area contributed by atoms with E-state index >= 15 is 0 Å². The van der Waals surface area contributed by atoms with Crippen molar-refractivity contribution < 1.29 is 17.4 Å². The number of nitriles is 1. The quantitative estimate of drug-likeness (QED) is 0.904. The molecule has 1 aliphatic rings. The zero-order chi connectivity index (χ0) is 18.2. The van der Waals surface area contributed by atoms with E-state index in [1.807, 2.05) is 6.07 Å². The second kappa shape index (κ2) is 6.61. The van der Waals surface area contributed by atoms with Crippen molar-refractivity contribution in [2.45, 2.75) is 43.2 Å². The van der Waals surface area contributed by atoms with Gasteiger partial charge in [0.25, 0.3) is 0 Å². The van der Waals surface area contributed by atoms with Gasteiger partial charge in [-0.2, -0.15) is 23.5 Å². The lowest BCUT2D eigenvalue weighted by molar-refractivity contribution is -0.128. The van der Waals surface area contributed by atoms with E-state index in [1.54, 1.807) is 0 Å². The highest BCUT2D eigenvalue weighted by Crippen LogP contribution is 2.31. The minimum Gasteiger partial charge on any atom is -0.248 e. The molecule has 0 aliphatic heterocycles. The summed E-state index contributed by atoms with van der Waals surface area (Å²) in [7, 11) is -1.75. The van der Waals surface area contributed by atoms with Crippen LogP contribution in [0.25, 0.3) is 5.69 Å². The standard InChI is InChI=1S/C16H15F3N4OS/c17-16(18,19)8-13-12-3-1-2-4-15(12)23(22-13)14-6-5-11(25(21)24)7-10(14)9-20/h5-7H,1-4,8,21H2. The molecule has 5 nitrogen and oxygen atoms in total. The lowest BCUT2D eigenvalue weighted by Gasteiger charge is -2.15. The zero-order valence-electron chi connectivity index (χ0n) is 13.1. The minimum atomic E-state index is -4.34. The Labute approximate surface area is 144 Å². The molecule has 25 heavy (non-hydrogen) atoms. The van der Waals surface area contributed by atoms with Crippen LogP contribution in [-0.2, 0) is 30.2 Å². The topological polar surface area (TPSA) is 84.7 Å². The summed E-state index contributed by atoms with van der Waals surface area (Å²) in [6.45, 7) is 0. The van der Waals surface area contributed by atoms with Crippen molar-refractivity contribution in [2.75, 3.05) is 0 Å². The number of halogens is 3. The van der Waals surface area contributed by atoms with E-state index < -0.39 is 23.6 Å². The molecule has 1 unspecified atom stereocenters. The maximum absolute atomic E-state index is 12.9. The van der Waals surface area contributed by atoms with Gasteiger partial charge in [0.1, 0.15) is 17.1 Å². The summed E-state index contributed by atoms with van der Waals surface area (Å²) in [6, 6.07) is 6.38. The molecule has 0 saturated carbocycles. The summed E-state index contributed by atoms with van der Waals surface area (Å²) in [5.41, 5.74) is 1.90. The highest BCUT2D eigenvalue weighted by molar-refractivity contribution is 7.82. The Morgan fingerprint density at radius 2 is 2.04 bits per heavy atom. The third-order valence-electron chi connectivity index (χ3n) is 4.18. The number of alkyl halides is 3. The van der Waals surface area contributed by atoms with E-state index in [9.17, 15) is 22.6 Å². The summed E-state index contributed by atoms with van der Waals surface area (Å²) < 4.78 is 51.4. The van der Waals surface area contributed by atoms with Crippen LogP contribution in [0.3, 0.4) is 0 Å². The SMILES string of the molecule is N#Cc1cc(S(N)=O)ccc1-n1nc(CC(F)(F)F)c2c1CCCC2. The molecule has 2 N–H and O–H groups in total. The Bertz CT molecular complexity index is 883. The zero-order valence-corrected chi connectivity index (χ0v) is 14.0. The van der Waals surface area contributed by atoms with Gasteiger partial charge in [0.2, 0.25) is 0 Å². The fourth-order valence-corrected chi connectivity index (χ4v) is 3.56. The van der Waals surface area contributed by atoms with Crippen LogP contribution < -0.4 is 5.14 Å². The third-order valence-corrected chi connectivity index (χ3v) is 4.90. The minimum absolute atomic E-state index is 0.0116. The molecule has 132 valence electrons. The number of nitrogens with two attached hydrogens (primary N) is 1. The van der Waals surface area contributed by atoms with Crippen molar-refractivity contribution in [3.63, 3.8) is 0 Å². The van der Waals surface area contributed by atoms with Gasteiger partial charge in [0.05, 0.1) is 28.3 Å². The van der Waals surface area contributed by atoms with E-state index in [1.165, 1.54) is 22.9 Å². The Kier molecular flexibility index (Phi) is 4.67. The fourth-order valence-electron chi connectivity index (χ4n) is 3.12. The number of rotatable bonds is 3. The molecule has 0 saturated heterocycles. The average Bonchev–Trinajstić information content (AvgIpc) is 2.91. The molecule has 1 atom stereocenters. The van der Waals surface area contributed by atoms with Crippen LogP contribution >= 0.6 is 0 Å². The molecule has 2 aromatic rings. The van der Waals surface area contributed by atoms with Gasteiger partial charge in [-0.05, 0) is 49.4 Å². The number of hydrogen-bond acceptors (Lipinski definition) is 3. The normalized spacial score (nSPS) is 15.5. The predicted octanol–water partition coefficient (Wildman–Crippen LogP) is 2.71. The summed E-state index contributed by atoms with van der Waals surface area (Å²) in [4.78, 5) is 0.275. The predicted molar refractivity (Wildman–Crippen MR) is 85.3 cm³/mol. The van der Waals surface area contributed by atoms with Gasteiger partial charge >= 0.3 is 6.18 Å². The summed E-state index contributed by atoms with van der Waals surface area (Å²) >= 11 is 0. The van der Waals surface area contributed by atoms with Crippen LogP contribution in [-0.4, -0.2) is 20.2 Å². The molecule has 1 aromatic carbocycles. The smallest absolute Gasteiger partial charge is 0.248 e. The molecule has 0 spiro atoms. The fraction of sp³-hybridized carbons (Fsp3) is 0.375. The van der Waals surface area contributed by atoms with E-state index in [4.69, 9.17) is 5.14 Å². The van der Waals surface area contributed by atoms with Gasteiger partial charge in [-0.25, -0.2) is 14.0 Å². The molecule has 0 radical (unpaired) electrons. The van der Waals surface area contributed by atoms with Crippen molar-refractivity contribution in [3.05, 3.63) is 40.7 Å². The van der Waals surface area contributed by atoms with Gasteiger partial charge in [-0.1, -0.05) is 0 Å². The van der Waals surface area contributed by atoms with Crippen molar-refractivity contribution in [2.24, 2.45) is 5.14 Å². The number of nitrogens with zero attached hydrogens (tertiary/aromatic N) is 3. The van der Waals surface area contributed by atoms with Crippen LogP contribution in [0.4, 0.5) is 13.2 Å². The third kappa shape index (κ3) is 3.60. The molecule has 0 amide bonds. The summed E-state index contributed by atoms with van der Waals surface area (Å²) in [6.07, 6.45) is -2.60. The number of fused-ring (bicyclic) bond motifs is 1. The lowest BCUT2D eigenvalue weighted by Crippen LogP contribution is -2.14. The van der Waals surface area contributed by atoms with Gasteiger partial charge in [-0.3, -0.25) is 0 Å². The number of hydrogen-bond donors (Lipinski definition) is 1. The van der Waals surface area contributed by atoms with Crippen molar-refractivity contribution in [1.29, 1.82) is 5.26 Å². The molecule has 1 heterocycles. The largest absolute Gasteiger partial charge is 0.394 e. The second-order valence-corrected chi connectivity index (χ2v) is 6.94. The number of aromatic nitrogens is 2. The van der Waals surface area contributed by atoms with Crippen LogP contribution in [0, 0.1) is 11.3 Å². The molecule has 1 aromatic heterocycles. The first-order valence-corrected chi connectivity index (χ1v) is 8.88. The Hall–Kier alpha value is -2.18. The van der Waals surface area contributed by atoms with Crippen LogP contribution in [0.5, 0.6) is 0 Å². The Morgan fingerprint density at radius 1 is 1.32 bits per heavy atom. The lowest BCUT2D eigenvalue weighted by atomic mass is 9.94. The van der Waals surface area contributed by atoms with Crippen molar-refractivity contribution >= 4 is 11.0 Å². The molecular weight excluding hydrogens is 353 g/mol. The summed E-state index contributed by atoms with van der Waals surface area (Å²) in [5, 5.41) is 18.9. The van der Waals surface area contributed by atoms with Crippen molar-refractivity contribution in [3.8, 4) is 11.8 Å².